The van der Waals surface area contributed by atoms with Crippen molar-refractivity contribution in [3.8, 4) is 0 Å². The molecule has 0 aromatic heterocycles. The number of hydrogen-bond acceptors (Lipinski definition) is 4. The van der Waals surface area contributed by atoms with Crippen LogP contribution in [0.5, 0.6) is 0 Å². The number of piperidine rings is 1. The highest BCUT2D eigenvalue weighted by Crippen LogP contribution is 2.39. The second kappa shape index (κ2) is 5.89. The van der Waals surface area contributed by atoms with Gasteiger partial charge in [0.15, 0.2) is 0 Å². The zero-order chi connectivity index (χ0) is 15.6. The van der Waals surface area contributed by atoms with Gasteiger partial charge in [-0.05, 0) is 39.5 Å². The Labute approximate surface area is 120 Å². The molecule has 0 unspecified atom stereocenters. The van der Waals surface area contributed by atoms with E-state index in [1.807, 2.05) is 20.8 Å². The standard InChI is InChI=1S/C14H27N3O3/c1-10(2)14(11(15)16-19)6-8-17(9-7-14)12(18)20-13(3,4)5/h10,19H,6-9H2,1-5H3,(H2,15,16). The van der Waals surface area contributed by atoms with Crippen molar-refractivity contribution in [2.75, 3.05) is 13.1 Å². The minimum Gasteiger partial charge on any atom is -0.444 e. The molecule has 1 rings (SSSR count). The summed E-state index contributed by atoms with van der Waals surface area (Å²) in [6, 6.07) is 0. The number of carbonyl (C=O) groups excluding carboxylic acids is 1. The van der Waals surface area contributed by atoms with E-state index in [2.05, 4.69) is 19.0 Å². The average molecular weight is 285 g/mol. The van der Waals surface area contributed by atoms with Gasteiger partial charge in [0, 0.05) is 18.5 Å². The maximum Gasteiger partial charge on any atom is 0.410 e. The molecule has 6 nitrogen and oxygen atoms in total. The number of amidine groups is 1. The molecule has 1 amide bonds. The van der Waals surface area contributed by atoms with E-state index in [0.29, 0.717) is 25.9 Å². The summed E-state index contributed by atoms with van der Waals surface area (Å²) in [4.78, 5) is 13.7. The number of carbonyl (C=O) groups is 1. The molecule has 1 fully saturated rings. The third kappa shape index (κ3) is 3.55. The molecule has 20 heavy (non-hydrogen) atoms. The SMILES string of the molecule is CC(C)C1(/C(N)=N/O)CCN(C(=O)OC(C)(C)C)CC1. The minimum atomic E-state index is -0.491. The van der Waals surface area contributed by atoms with Crippen LogP contribution in [0, 0.1) is 11.3 Å². The highest BCUT2D eigenvalue weighted by atomic mass is 16.6. The average Bonchev–Trinajstić information content (AvgIpc) is 2.35. The van der Waals surface area contributed by atoms with Gasteiger partial charge in [0.1, 0.15) is 11.4 Å². The summed E-state index contributed by atoms with van der Waals surface area (Å²) in [5.41, 5.74) is 5.04. The Bertz CT molecular complexity index is 378. The quantitative estimate of drug-likeness (QED) is 0.353. The highest BCUT2D eigenvalue weighted by molar-refractivity contribution is 5.86. The first-order valence-electron chi connectivity index (χ1n) is 7.08. The Morgan fingerprint density at radius 1 is 1.35 bits per heavy atom. The van der Waals surface area contributed by atoms with Crippen LogP contribution < -0.4 is 5.73 Å². The van der Waals surface area contributed by atoms with E-state index in [-0.39, 0.29) is 23.3 Å². The summed E-state index contributed by atoms with van der Waals surface area (Å²) in [6.45, 7) is 10.8. The zero-order valence-corrected chi connectivity index (χ0v) is 13.1. The second-order valence-electron chi connectivity index (χ2n) is 6.76. The lowest BCUT2D eigenvalue weighted by atomic mass is 9.69. The fraction of sp³-hybridized carbons (Fsp3) is 0.857. The molecule has 0 aliphatic carbocycles. The van der Waals surface area contributed by atoms with Crippen molar-refractivity contribution >= 4 is 11.9 Å². The molecular weight excluding hydrogens is 258 g/mol. The molecular formula is C14H27N3O3. The monoisotopic (exact) mass is 285 g/mol. The molecule has 1 aliphatic heterocycles. The Kier molecular flexibility index (Phi) is 4.89. The van der Waals surface area contributed by atoms with Crippen LogP contribution in [0.1, 0.15) is 47.5 Å². The van der Waals surface area contributed by atoms with Gasteiger partial charge in [-0.1, -0.05) is 19.0 Å². The molecule has 0 saturated carbocycles. The Morgan fingerprint density at radius 2 is 1.85 bits per heavy atom. The first-order chi connectivity index (χ1) is 9.12. The van der Waals surface area contributed by atoms with Crippen molar-refractivity contribution in [1.82, 2.24) is 4.90 Å². The number of nitrogens with two attached hydrogens (primary N) is 1. The first kappa shape index (κ1) is 16.6. The predicted octanol–water partition coefficient (Wildman–Crippen LogP) is 2.41. The molecule has 1 heterocycles. The molecule has 1 saturated heterocycles. The molecule has 0 spiro atoms. The van der Waals surface area contributed by atoms with Crippen LogP contribution >= 0.6 is 0 Å². The summed E-state index contributed by atoms with van der Waals surface area (Å²) < 4.78 is 5.37. The van der Waals surface area contributed by atoms with Crippen molar-refractivity contribution < 1.29 is 14.7 Å². The Balaban J connectivity index is 2.73. The van der Waals surface area contributed by atoms with Crippen LogP contribution in [-0.4, -0.2) is 40.7 Å². The molecule has 116 valence electrons. The van der Waals surface area contributed by atoms with Gasteiger partial charge >= 0.3 is 6.09 Å². The van der Waals surface area contributed by atoms with Crippen LogP contribution in [0.4, 0.5) is 4.79 Å². The first-order valence-corrected chi connectivity index (χ1v) is 7.08. The number of hydrogen-bond donors (Lipinski definition) is 2. The van der Waals surface area contributed by atoms with E-state index >= 15 is 0 Å². The maximum absolute atomic E-state index is 12.0. The molecule has 1 aliphatic rings. The van der Waals surface area contributed by atoms with Gasteiger partial charge in [-0.2, -0.15) is 0 Å². The predicted molar refractivity (Wildman–Crippen MR) is 77.7 cm³/mol. The smallest absolute Gasteiger partial charge is 0.410 e. The Hall–Kier alpha value is -1.46. The maximum atomic E-state index is 12.0. The van der Waals surface area contributed by atoms with Crippen molar-refractivity contribution in [3.63, 3.8) is 0 Å². The fourth-order valence-corrected chi connectivity index (χ4v) is 2.64. The van der Waals surface area contributed by atoms with Crippen LogP contribution in [0.2, 0.25) is 0 Å². The van der Waals surface area contributed by atoms with Crippen LogP contribution in [0.15, 0.2) is 5.16 Å². The summed E-state index contributed by atoms with van der Waals surface area (Å²) in [5, 5.41) is 12.2. The van der Waals surface area contributed by atoms with Crippen LogP contribution in [-0.2, 0) is 4.74 Å². The summed E-state index contributed by atoms with van der Waals surface area (Å²) in [6.07, 6.45) is 1.06. The van der Waals surface area contributed by atoms with Gasteiger partial charge in [-0.15, -0.1) is 0 Å². The topological polar surface area (TPSA) is 88.2 Å². The third-order valence-electron chi connectivity index (χ3n) is 4.03. The molecule has 0 aromatic rings. The molecule has 0 bridgehead atoms. The highest BCUT2D eigenvalue weighted by Gasteiger charge is 2.42. The van der Waals surface area contributed by atoms with Crippen molar-refractivity contribution in [2.45, 2.75) is 53.1 Å². The van der Waals surface area contributed by atoms with E-state index in [9.17, 15) is 4.79 Å². The number of ether oxygens (including phenoxy) is 1. The van der Waals surface area contributed by atoms with Gasteiger partial charge in [0.2, 0.25) is 0 Å². The Morgan fingerprint density at radius 3 is 2.20 bits per heavy atom. The molecule has 0 radical (unpaired) electrons. The van der Waals surface area contributed by atoms with Gasteiger partial charge in [-0.3, -0.25) is 0 Å². The molecule has 0 atom stereocenters. The summed E-state index contributed by atoms with van der Waals surface area (Å²) in [5.74, 6) is 0.510. The van der Waals surface area contributed by atoms with E-state index in [4.69, 9.17) is 15.7 Å². The van der Waals surface area contributed by atoms with E-state index in [1.165, 1.54) is 0 Å². The van der Waals surface area contributed by atoms with Crippen molar-refractivity contribution in [1.29, 1.82) is 0 Å². The molecule has 6 heteroatoms. The second-order valence-corrected chi connectivity index (χ2v) is 6.76. The number of oxime groups is 1. The van der Waals surface area contributed by atoms with E-state index in [0.717, 1.165) is 0 Å². The normalized spacial score (nSPS) is 20.1. The van der Waals surface area contributed by atoms with Gasteiger partial charge in [-0.25, -0.2) is 4.79 Å². The fourth-order valence-electron chi connectivity index (χ4n) is 2.64. The zero-order valence-electron chi connectivity index (χ0n) is 13.1. The van der Waals surface area contributed by atoms with Gasteiger partial charge in [0.25, 0.3) is 0 Å². The third-order valence-corrected chi connectivity index (χ3v) is 4.03. The van der Waals surface area contributed by atoms with E-state index in [1.54, 1.807) is 4.90 Å². The van der Waals surface area contributed by atoms with Crippen LogP contribution in [0.25, 0.3) is 0 Å². The lowest BCUT2D eigenvalue weighted by molar-refractivity contribution is 0.0120. The minimum absolute atomic E-state index is 0.249. The number of amides is 1. The van der Waals surface area contributed by atoms with E-state index < -0.39 is 5.60 Å². The molecule has 0 aromatic carbocycles. The number of nitrogens with zero attached hydrogens (tertiary/aromatic N) is 2. The lowest BCUT2D eigenvalue weighted by Gasteiger charge is -2.43. The van der Waals surface area contributed by atoms with Crippen molar-refractivity contribution in [3.05, 3.63) is 0 Å². The number of rotatable bonds is 2. The summed E-state index contributed by atoms with van der Waals surface area (Å²) >= 11 is 0. The molecule has 3 N–H and O–H groups in total. The lowest BCUT2D eigenvalue weighted by Crippen LogP contribution is -2.52. The largest absolute Gasteiger partial charge is 0.444 e. The van der Waals surface area contributed by atoms with Crippen molar-refractivity contribution in [2.24, 2.45) is 22.2 Å². The van der Waals surface area contributed by atoms with Gasteiger partial charge in [0.05, 0.1) is 0 Å². The van der Waals surface area contributed by atoms with Crippen LogP contribution in [0.3, 0.4) is 0 Å². The summed E-state index contributed by atoms with van der Waals surface area (Å²) in [7, 11) is 0. The number of likely N-dealkylation sites (tertiary alicyclic amines) is 1. The van der Waals surface area contributed by atoms with Gasteiger partial charge < -0.3 is 20.6 Å².